The third kappa shape index (κ3) is 3.72. The molecule has 27 heavy (non-hydrogen) atoms. The summed E-state index contributed by atoms with van der Waals surface area (Å²) in [4.78, 5) is 14.8. The average molecular weight is 424 g/mol. The molecule has 2 heterocycles. The van der Waals surface area contributed by atoms with Gasteiger partial charge in [0, 0.05) is 24.9 Å². The lowest BCUT2D eigenvalue weighted by Gasteiger charge is -2.28. The standard InChI is InChI=1S/C23H22BrNO2/c1-16(24)22-21(19-11-5-6-12-20(19)23(26)27-22)18-10-7-13-25(15-18)14-17-8-3-2-4-9-17/h2-6,8-9,11-12,15-16H,7,10,13-14H2,1H3. The summed E-state index contributed by atoms with van der Waals surface area (Å²) in [6.45, 7) is 3.92. The van der Waals surface area contributed by atoms with Gasteiger partial charge in [0.05, 0.1) is 10.2 Å². The fourth-order valence-electron chi connectivity index (χ4n) is 3.78. The molecule has 0 bridgehead atoms. The Morgan fingerprint density at radius 3 is 2.52 bits per heavy atom. The largest absolute Gasteiger partial charge is 0.426 e. The Balaban J connectivity index is 1.82. The maximum Gasteiger partial charge on any atom is 0.343 e. The summed E-state index contributed by atoms with van der Waals surface area (Å²) in [5.41, 5.74) is 3.33. The Labute approximate surface area is 167 Å². The minimum atomic E-state index is -0.270. The second kappa shape index (κ2) is 7.73. The van der Waals surface area contributed by atoms with Crippen molar-refractivity contribution < 1.29 is 4.42 Å². The van der Waals surface area contributed by atoms with E-state index >= 15 is 0 Å². The zero-order chi connectivity index (χ0) is 18.8. The van der Waals surface area contributed by atoms with E-state index in [-0.39, 0.29) is 10.5 Å². The van der Waals surface area contributed by atoms with Crippen LogP contribution in [0.3, 0.4) is 0 Å². The monoisotopic (exact) mass is 423 g/mol. The van der Waals surface area contributed by atoms with Gasteiger partial charge < -0.3 is 9.32 Å². The summed E-state index contributed by atoms with van der Waals surface area (Å²) in [5, 5.41) is 1.62. The third-order valence-electron chi connectivity index (χ3n) is 5.01. The quantitative estimate of drug-likeness (QED) is 0.490. The summed E-state index contributed by atoms with van der Waals surface area (Å²) in [6.07, 6.45) is 4.31. The highest BCUT2D eigenvalue weighted by Crippen LogP contribution is 2.37. The van der Waals surface area contributed by atoms with Crippen molar-refractivity contribution in [2.24, 2.45) is 0 Å². The Morgan fingerprint density at radius 2 is 1.78 bits per heavy atom. The summed E-state index contributed by atoms with van der Waals surface area (Å²) < 4.78 is 5.73. The minimum Gasteiger partial charge on any atom is -0.426 e. The van der Waals surface area contributed by atoms with Gasteiger partial charge in [-0.3, -0.25) is 0 Å². The highest BCUT2D eigenvalue weighted by molar-refractivity contribution is 9.09. The van der Waals surface area contributed by atoms with E-state index < -0.39 is 0 Å². The second-order valence-corrected chi connectivity index (χ2v) is 8.38. The van der Waals surface area contributed by atoms with Crippen LogP contribution in [0, 0.1) is 0 Å². The molecule has 0 fully saturated rings. The molecular formula is C23H22BrNO2. The predicted octanol–water partition coefficient (Wildman–Crippen LogP) is 5.89. The highest BCUT2D eigenvalue weighted by Gasteiger charge is 2.22. The van der Waals surface area contributed by atoms with Gasteiger partial charge in [0.15, 0.2) is 0 Å². The fourth-order valence-corrected chi connectivity index (χ4v) is 4.11. The Morgan fingerprint density at radius 1 is 1.07 bits per heavy atom. The van der Waals surface area contributed by atoms with Gasteiger partial charge in [0.1, 0.15) is 5.76 Å². The summed E-state index contributed by atoms with van der Waals surface area (Å²) >= 11 is 3.62. The van der Waals surface area contributed by atoms with Gasteiger partial charge in [-0.05, 0) is 42.4 Å². The first kappa shape index (κ1) is 18.1. The molecule has 3 aromatic rings. The van der Waals surface area contributed by atoms with Gasteiger partial charge >= 0.3 is 5.63 Å². The van der Waals surface area contributed by atoms with Crippen molar-refractivity contribution in [3.8, 4) is 0 Å². The van der Waals surface area contributed by atoms with Crippen molar-refractivity contribution in [2.75, 3.05) is 6.54 Å². The van der Waals surface area contributed by atoms with Crippen LogP contribution in [0.15, 0.2) is 70.0 Å². The maximum absolute atomic E-state index is 12.4. The van der Waals surface area contributed by atoms with Crippen molar-refractivity contribution in [3.05, 3.63) is 88.1 Å². The van der Waals surface area contributed by atoms with Crippen molar-refractivity contribution >= 4 is 32.3 Å². The van der Waals surface area contributed by atoms with Crippen LogP contribution >= 0.6 is 15.9 Å². The van der Waals surface area contributed by atoms with E-state index in [1.165, 1.54) is 11.1 Å². The summed E-state index contributed by atoms with van der Waals surface area (Å²) in [6, 6.07) is 18.3. The van der Waals surface area contributed by atoms with Crippen LogP contribution in [-0.2, 0) is 6.54 Å². The van der Waals surface area contributed by atoms with Gasteiger partial charge in [-0.15, -0.1) is 0 Å². The summed E-state index contributed by atoms with van der Waals surface area (Å²) in [7, 11) is 0. The van der Waals surface area contributed by atoms with Crippen LogP contribution in [0.1, 0.15) is 41.5 Å². The molecule has 1 aliphatic heterocycles. The van der Waals surface area contributed by atoms with Crippen LogP contribution in [0.4, 0.5) is 0 Å². The molecule has 4 rings (SSSR count). The number of allylic oxidation sites excluding steroid dienone is 1. The van der Waals surface area contributed by atoms with E-state index in [9.17, 15) is 4.79 Å². The first-order chi connectivity index (χ1) is 13.1. The van der Waals surface area contributed by atoms with Crippen LogP contribution < -0.4 is 5.63 Å². The number of alkyl halides is 1. The van der Waals surface area contributed by atoms with E-state index in [4.69, 9.17) is 4.42 Å². The average Bonchev–Trinajstić information content (AvgIpc) is 2.69. The zero-order valence-electron chi connectivity index (χ0n) is 15.3. The molecule has 0 radical (unpaired) electrons. The van der Waals surface area contributed by atoms with Gasteiger partial charge in [0.25, 0.3) is 0 Å². The molecule has 0 N–H and O–H groups in total. The first-order valence-electron chi connectivity index (χ1n) is 9.32. The molecule has 2 aromatic carbocycles. The zero-order valence-corrected chi connectivity index (χ0v) is 16.9. The number of fused-ring (bicyclic) bond motifs is 1. The Hall–Kier alpha value is -2.33. The molecule has 0 spiro atoms. The molecule has 0 saturated heterocycles. The van der Waals surface area contributed by atoms with Crippen LogP contribution in [0.5, 0.6) is 0 Å². The minimum absolute atomic E-state index is 0.0322. The lowest BCUT2D eigenvalue weighted by Crippen LogP contribution is -2.22. The molecule has 4 heteroatoms. The topological polar surface area (TPSA) is 33.5 Å². The van der Waals surface area contributed by atoms with Crippen LogP contribution in [-0.4, -0.2) is 11.4 Å². The Bertz CT molecular complexity index is 1040. The normalized spacial score (nSPS) is 15.6. The molecule has 0 amide bonds. The molecule has 1 atom stereocenters. The van der Waals surface area contributed by atoms with Crippen LogP contribution in [0.25, 0.3) is 16.3 Å². The SMILES string of the molecule is CC(Br)c1oc(=O)c2ccccc2c1C1=CN(Cc2ccccc2)CCC1. The second-order valence-electron chi connectivity index (χ2n) is 7.00. The van der Waals surface area contributed by atoms with Crippen LogP contribution in [0.2, 0.25) is 0 Å². The smallest absolute Gasteiger partial charge is 0.343 e. The number of halogens is 1. The Kier molecular flexibility index (Phi) is 5.17. The van der Waals surface area contributed by atoms with E-state index in [1.807, 2.05) is 37.3 Å². The fraction of sp³-hybridized carbons (Fsp3) is 0.261. The van der Waals surface area contributed by atoms with Gasteiger partial charge in [-0.2, -0.15) is 0 Å². The maximum atomic E-state index is 12.4. The number of nitrogens with zero attached hydrogens (tertiary/aromatic N) is 1. The lowest BCUT2D eigenvalue weighted by atomic mass is 9.93. The predicted molar refractivity (Wildman–Crippen MR) is 114 cm³/mol. The molecule has 3 nitrogen and oxygen atoms in total. The van der Waals surface area contributed by atoms with Crippen molar-refractivity contribution in [2.45, 2.75) is 31.1 Å². The van der Waals surface area contributed by atoms with E-state index in [1.54, 1.807) is 0 Å². The molecule has 1 unspecified atom stereocenters. The number of benzene rings is 2. The van der Waals surface area contributed by atoms with Crippen molar-refractivity contribution in [1.29, 1.82) is 0 Å². The molecular weight excluding hydrogens is 402 g/mol. The third-order valence-corrected chi connectivity index (χ3v) is 5.42. The van der Waals surface area contributed by atoms with E-state index in [0.29, 0.717) is 11.1 Å². The van der Waals surface area contributed by atoms with Gasteiger partial charge in [-0.1, -0.05) is 64.5 Å². The number of hydrogen-bond donors (Lipinski definition) is 0. The van der Waals surface area contributed by atoms with Gasteiger partial charge in [0.2, 0.25) is 0 Å². The molecule has 138 valence electrons. The highest BCUT2D eigenvalue weighted by atomic mass is 79.9. The lowest BCUT2D eigenvalue weighted by molar-refractivity contribution is 0.352. The molecule has 1 aliphatic rings. The van der Waals surface area contributed by atoms with Gasteiger partial charge in [-0.25, -0.2) is 4.79 Å². The molecule has 0 aliphatic carbocycles. The van der Waals surface area contributed by atoms with E-state index in [2.05, 4.69) is 51.3 Å². The number of hydrogen-bond acceptors (Lipinski definition) is 3. The number of rotatable bonds is 4. The van der Waals surface area contributed by atoms with Crippen molar-refractivity contribution in [1.82, 2.24) is 4.90 Å². The summed E-state index contributed by atoms with van der Waals surface area (Å²) in [5.74, 6) is 0.714. The van der Waals surface area contributed by atoms with Crippen molar-refractivity contribution in [3.63, 3.8) is 0 Å². The van der Waals surface area contributed by atoms with E-state index in [0.717, 1.165) is 36.9 Å². The first-order valence-corrected chi connectivity index (χ1v) is 10.2. The molecule has 0 saturated carbocycles. The molecule has 1 aromatic heterocycles.